The number of para-hydroxylation sites is 1. The monoisotopic (exact) mass is 532 g/mol. The van der Waals surface area contributed by atoms with Gasteiger partial charge in [0.1, 0.15) is 11.8 Å². The van der Waals surface area contributed by atoms with Crippen LogP contribution < -0.4 is 15.5 Å². The number of hydrogen-bond acceptors (Lipinski definition) is 5. The van der Waals surface area contributed by atoms with Crippen LogP contribution in [0.25, 0.3) is 0 Å². The van der Waals surface area contributed by atoms with Crippen LogP contribution in [0.3, 0.4) is 0 Å². The van der Waals surface area contributed by atoms with E-state index in [-0.39, 0.29) is 35.4 Å². The Kier molecular flexibility index (Phi) is 7.67. The summed E-state index contributed by atoms with van der Waals surface area (Å²) in [4.78, 5) is 44.2. The fraction of sp³-hybridized carbons (Fsp3) is 0.516. The number of rotatable bonds is 7. The van der Waals surface area contributed by atoms with E-state index in [1.807, 2.05) is 55.0 Å². The third-order valence-corrected chi connectivity index (χ3v) is 8.93. The molecule has 0 bridgehead atoms. The van der Waals surface area contributed by atoms with Crippen molar-refractivity contribution in [2.75, 3.05) is 25.0 Å². The van der Waals surface area contributed by atoms with Crippen molar-refractivity contribution in [3.8, 4) is 5.75 Å². The van der Waals surface area contributed by atoms with Crippen molar-refractivity contribution in [3.05, 3.63) is 59.7 Å². The smallest absolute Gasteiger partial charge is 0.245 e. The molecule has 8 heteroatoms. The summed E-state index contributed by atoms with van der Waals surface area (Å²) in [7, 11) is 1.92. The number of nitrogens with one attached hydrogen (secondary N) is 2. The van der Waals surface area contributed by atoms with Gasteiger partial charge in [-0.05, 0) is 82.3 Å². The van der Waals surface area contributed by atoms with Gasteiger partial charge in [0.05, 0.1) is 5.41 Å². The molecule has 2 aromatic carbocycles. The molecule has 0 radical (unpaired) electrons. The Hall–Kier alpha value is -3.39. The molecule has 5 rings (SSSR count). The predicted octanol–water partition coefficient (Wildman–Crippen LogP) is 3.12. The number of phenolic OH excluding ortho intramolecular Hbond substituents is 1. The standard InChI is InChI=1S/C31H40N4O4/c1-31(2)25-6-4-5-7-27(25)35(30(31)39)23-14-16-34(17-15-23)29(38)26(18-20-8-12-24(36)13-9-20)33-28(37)21-10-11-22(19-21)32-3/h4-9,12-13,21-23,26,32,36H,10-11,14-19H2,1-3H3,(H,33,37)/t21-,22+,26-/m0/s1. The average molecular weight is 533 g/mol. The summed E-state index contributed by atoms with van der Waals surface area (Å²) < 4.78 is 0. The molecular formula is C31H40N4O4. The number of hydrogen-bond donors (Lipinski definition) is 3. The largest absolute Gasteiger partial charge is 0.508 e. The Morgan fingerprint density at radius 1 is 1.03 bits per heavy atom. The second-order valence-electron chi connectivity index (χ2n) is 11.8. The molecule has 3 aliphatic rings. The van der Waals surface area contributed by atoms with Gasteiger partial charge in [-0.15, -0.1) is 0 Å². The zero-order chi connectivity index (χ0) is 27.7. The fourth-order valence-electron chi connectivity index (χ4n) is 6.50. The van der Waals surface area contributed by atoms with Crippen LogP contribution in [0.15, 0.2) is 48.5 Å². The van der Waals surface area contributed by atoms with Crippen molar-refractivity contribution in [2.24, 2.45) is 5.92 Å². The van der Waals surface area contributed by atoms with E-state index in [0.29, 0.717) is 38.4 Å². The van der Waals surface area contributed by atoms with Gasteiger partial charge in [0.2, 0.25) is 17.7 Å². The van der Waals surface area contributed by atoms with E-state index in [4.69, 9.17) is 0 Å². The lowest BCUT2D eigenvalue weighted by molar-refractivity contribution is -0.138. The van der Waals surface area contributed by atoms with Crippen LogP contribution in [-0.4, -0.2) is 66.0 Å². The highest BCUT2D eigenvalue weighted by Gasteiger charge is 2.47. The number of anilines is 1. The number of amides is 3. The molecule has 8 nitrogen and oxygen atoms in total. The third-order valence-electron chi connectivity index (χ3n) is 8.93. The van der Waals surface area contributed by atoms with Crippen LogP contribution in [-0.2, 0) is 26.2 Å². The minimum Gasteiger partial charge on any atom is -0.508 e. The number of aromatic hydroxyl groups is 1. The number of piperidine rings is 1. The second kappa shape index (κ2) is 11.0. The molecule has 0 aromatic heterocycles. The zero-order valence-electron chi connectivity index (χ0n) is 23.2. The van der Waals surface area contributed by atoms with E-state index in [9.17, 15) is 19.5 Å². The first-order valence-electron chi connectivity index (χ1n) is 14.2. The van der Waals surface area contributed by atoms with E-state index in [2.05, 4.69) is 10.6 Å². The lowest BCUT2D eigenvalue weighted by Gasteiger charge is -2.39. The Morgan fingerprint density at radius 2 is 1.72 bits per heavy atom. The normalized spacial score (nSPS) is 23.5. The minimum absolute atomic E-state index is 0.0339. The molecule has 2 aliphatic heterocycles. The van der Waals surface area contributed by atoms with Crippen molar-refractivity contribution in [1.29, 1.82) is 0 Å². The van der Waals surface area contributed by atoms with Crippen molar-refractivity contribution < 1.29 is 19.5 Å². The number of nitrogens with zero attached hydrogens (tertiary/aromatic N) is 2. The zero-order valence-corrected chi connectivity index (χ0v) is 23.2. The Balaban J connectivity index is 1.28. The fourth-order valence-corrected chi connectivity index (χ4v) is 6.50. The molecule has 2 aromatic rings. The van der Waals surface area contributed by atoms with Crippen LogP contribution in [0, 0.1) is 5.92 Å². The summed E-state index contributed by atoms with van der Waals surface area (Å²) in [6.45, 7) is 5.02. The van der Waals surface area contributed by atoms with Gasteiger partial charge >= 0.3 is 0 Å². The lowest BCUT2D eigenvalue weighted by Crippen LogP contribution is -2.55. The highest BCUT2D eigenvalue weighted by atomic mass is 16.3. The molecule has 1 saturated heterocycles. The van der Waals surface area contributed by atoms with Gasteiger partial charge in [0.15, 0.2) is 0 Å². The second-order valence-corrected chi connectivity index (χ2v) is 11.8. The molecule has 3 atom stereocenters. The maximum atomic E-state index is 13.8. The topological polar surface area (TPSA) is 102 Å². The van der Waals surface area contributed by atoms with E-state index < -0.39 is 11.5 Å². The summed E-state index contributed by atoms with van der Waals surface area (Å²) in [5, 5.41) is 16.0. The van der Waals surface area contributed by atoms with Crippen LogP contribution in [0.2, 0.25) is 0 Å². The van der Waals surface area contributed by atoms with Crippen LogP contribution in [0.5, 0.6) is 5.75 Å². The van der Waals surface area contributed by atoms with Crippen LogP contribution in [0.1, 0.15) is 57.1 Å². The van der Waals surface area contributed by atoms with E-state index >= 15 is 0 Å². The quantitative estimate of drug-likeness (QED) is 0.509. The van der Waals surface area contributed by atoms with Crippen LogP contribution in [0.4, 0.5) is 5.69 Å². The summed E-state index contributed by atoms with van der Waals surface area (Å²) in [6.07, 6.45) is 4.27. The highest BCUT2D eigenvalue weighted by Crippen LogP contribution is 2.43. The molecule has 3 N–H and O–H groups in total. The molecule has 39 heavy (non-hydrogen) atoms. The van der Waals surface area contributed by atoms with Crippen molar-refractivity contribution >= 4 is 23.4 Å². The van der Waals surface area contributed by atoms with Gasteiger partial charge in [0, 0.05) is 43.2 Å². The van der Waals surface area contributed by atoms with Crippen molar-refractivity contribution in [1.82, 2.24) is 15.5 Å². The third kappa shape index (κ3) is 5.39. The number of benzene rings is 2. The number of phenols is 1. The summed E-state index contributed by atoms with van der Waals surface area (Å²) in [5.41, 5.74) is 2.35. The maximum absolute atomic E-state index is 13.8. The Labute approximate surface area is 230 Å². The van der Waals surface area contributed by atoms with E-state index in [1.165, 1.54) is 0 Å². The molecule has 0 spiro atoms. The lowest BCUT2D eigenvalue weighted by atomic mass is 9.86. The van der Waals surface area contributed by atoms with Crippen molar-refractivity contribution in [3.63, 3.8) is 0 Å². The van der Waals surface area contributed by atoms with Gasteiger partial charge in [0.25, 0.3) is 0 Å². The van der Waals surface area contributed by atoms with Gasteiger partial charge in [-0.1, -0.05) is 30.3 Å². The summed E-state index contributed by atoms with van der Waals surface area (Å²) in [6, 6.07) is 14.5. The van der Waals surface area contributed by atoms with Crippen molar-refractivity contribution in [2.45, 2.75) is 75.9 Å². The molecule has 2 fully saturated rings. The van der Waals surface area contributed by atoms with Gasteiger partial charge in [-0.3, -0.25) is 14.4 Å². The van der Waals surface area contributed by atoms with E-state index in [0.717, 1.165) is 36.1 Å². The maximum Gasteiger partial charge on any atom is 0.245 e. The Bertz CT molecular complexity index is 1220. The summed E-state index contributed by atoms with van der Waals surface area (Å²) in [5.74, 6) is 0.0149. The van der Waals surface area contributed by atoms with Gasteiger partial charge < -0.3 is 25.5 Å². The van der Waals surface area contributed by atoms with E-state index in [1.54, 1.807) is 24.3 Å². The molecule has 208 valence electrons. The average Bonchev–Trinajstić information content (AvgIpc) is 3.51. The molecule has 0 unspecified atom stereocenters. The summed E-state index contributed by atoms with van der Waals surface area (Å²) >= 11 is 0. The first-order valence-corrected chi connectivity index (χ1v) is 14.2. The molecule has 3 amide bonds. The number of carbonyl (C=O) groups excluding carboxylic acids is 3. The predicted molar refractivity (Wildman–Crippen MR) is 150 cm³/mol. The first kappa shape index (κ1) is 27.2. The number of carbonyl (C=O) groups is 3. The molecular weight excluding hydrogens is 492 g/mol. The molecule has 1 aliphatic carbocycles. The van der Waals surface area contributed by atoms with Gasteiger partial charge in [-0.2, -0.15) is 0 Å². The minimum atomic E-state index is -0.680. The Morgan fingerprint density at radius 3 is 2.38 bits per heavy atom. The molecule has 1 saturated carbocycles. The number of likely N-dealkylation sites (tertiary alicyclic amines) is 1. The van der Waals surface area contributed by atoms with Crippen LogP contribution >= 0.6 is 0 Å². The van der Waals surface area contributed by atoms with Gasteiger partial charge in [-0.25, -0.2) is 0 Å². The highest BCUT2D eigenvalue weighted by molar-refractivity contribution is 6.08. The first-order chi connectivity index (χ1) is 18.7. The molecule has 2 heterocycles. The SMILES string of the molecule is CN[C@@H]1CC[C@H](C(=O)N[C@@H](Cc2ccc(O)cc2)C(=O)N2CCC(N3C(=O)C(C)(C)c4ccccc43)CC2)C1. The number of fused-ring (bicyclic) bond motifs is 1.